The highest BCUT2D eigenvalue weighted by Crippen LogP contribution is 2.30. The van der Waals surface area contributed by atoms with Gasteiger partial charge in [0.05, 0.1) is 11.9 Å². The van der Waals surface area contributed by atoms with E-state index in [9.17, 15) is 0 Å². The number of hydrogen-bond acceptors (Lipinski definition) is 7. The molecule has 0 bridgehead atoms. The average molecular weight is 319 g/mol. The normalized spacial score (nSPS) is 11.0. The average Bonchev–Trinajstić information content (AvgIpc) is 3.01. The van der Waals surface area contributed by atoms with Crippen molar-refractivity contribution in [1.82, 2.24) is 15.0 Å². The van der Waals surface area contributed by atoms with Gasteiger partial charge < -0.3 is 10.6 Å². The number of hydrogen-bond donors (Lipinski definition) is 2. The van der Waals surface area contributed by atoms with E-state index in [1.807, 2.05) is 13.8 Å². The molecule has 0 saturated carbocycles. The highest BCUT2D eigenvalue weighted by atomic mass is 32.1. The van der Waals surface area contributed by atoms with Gasteiger partial charge in [0.15, 0.2) is 0 Å². The quantitative estimate of drug-likeness (QED) is 0.749. The monoisotopic (exact) mass is 319 g/mol. The topological polar surface area (TPSA) is 62.7 Å². The van der Waals surface area contributed by atoms with E-state index in [0.29, 0.717) is 12.5 Å². The van der Waals surface area contributed by atoms with Crippen LogP contribution >= 0.6 is 22.7 Å². The Hall–Kier alpha value is -1.73. The summed E-state index contributed by atoms with van der Waals surface area (Å²) in [7, 11) is 0. The molecule has 3 heterocycles. The molecular weight excluding hydrogens is 302 g/mol. The zero-order valence-corrected chi connectivity index (χ0v) is 13.9. The summed E-state index contributed by atoms with van der Waals surface area (Å²) < 4.78 is 0. The minimum Gasteiger partial charge on any atom is -0.363 e. The van der Waals surface area contributed by atoms with Crippen molar-refractivity contribution in [2.45, 2.75) is 27.3 Å². The Bertz CT molecular complexity index is 762. The Balaban J connectivity index is 1.91. The molecule has 0 amide bonds. The SMILES string of the molecule is CCNc1nc(NCc2nc(C)cs2)c2cc(C)sc2n1. The van der Waals surface area contributed by atoms with Crippen LogP contribution in [0.5, 0.6) is 0 Å². The zero-order chi connectivity index (χ0) is 14.8. The van der Waals surface area contributed by atoms with E-state index in [4.69, 9.17) is 0 Å². The fourth-order valence-electron chi connectivity index (χ4n) is 2.06. The molecule has 5 nitrogen and oxygen atoms in total. The second-order valence-corrected chi connectivity index (χ2v) is 6.92. The summed E-state index contributed by atoms with van der Waals surface area (Å²) in [6.45, 7) is 7.63. The molecule has 0 aromatic carbocycles. The van der Waals surface area contributed by atoms with Crippen molar-refractivity contribution in [2.24, 2.45) is 0 Å². The van der Waals surface area contributed by atoms with Gasteiger partial charge in [-0.25, -0.2) is 9.97 Å². The van der Waals surface area contributed by atoms with Crippen molar-refractivity contribution >= 4 is 44.7 Å². The van der Waals surface area contributed by atoms with E-state index in [1.54, 1.807) is 22.7 Å². The first kappa shape index (κ1) is 14.2. The molecule has 0 aliphatic heterocycles. The molecule has 0 spiro atoms. The van der Waals surface area contributed by atoms with Crippen LogP contribution in [0.15, 0.2) is 11.4 Å². The van der Waals surface area contributed by atoms with E-state index in [0.717, 1.165) is 33.3 Å². The molecular formula is C14H17N5S2. The molecule has 7 heteroatoms. The number of aryl methyl sites for hydroxylation is 2. The molecule has 0 unspecified atom stereocenters. The predicted molar refractivity (Wildman–Crippen MR) is 90.5 cm³/mol. The highest BCUT2D eigenvalue weighted by molar-refractivity contribution is 7.18. The Labute approximate surface area is 131 Å². The first-order valence-electron chi connectivity index (χ1n) is 6.82. The number of thiazole rings is 1. The van der Waals surface area contributed by atoms with E-state index in [-0.39, 0.29) is 0 Å². The summed E-state index contributed by atoms with van der Waals surface area (Å²) in [5.74, 6) is 1.54. The lowest BCUT2D eigenvalue weighted by Crippen LogP contribution is -2.06. The Morgan fingerprint density at radius 1 is 1.14 bits per heavy atom. The number of nitrogens with zero attached hydrogens (tertiary/aromatic N) is 3. The number of thiophene rings is 1. The number of rotatable bonds is 5. The third-order valence-corrected chi connectivity index (χ3v) is 4.84. The van der Waals surface area contributed by atoms with Gasteiger partial charge in [-0.1, -0.05) is 0 Å². The lowest BCUT2D eigenvalue weighted by Gasteiger charge is -2.08. The minimum atomic E-state index is 0.671. The van der Waals surface area contributed by atoms with Crippen LogP contribution < -0.4 is 10.6 Å². The maximum Gasteiger partial charge on any atom is 0.226 e. The number of aromatic nitrogens is 3. The van der Waals surface area contributed by atoms with Gasteiger partial charge in [-0.3, -0.25) is 0 Å². The second kappa shape index (κ2) is 5.95. The molecule has 110 valence electrons. The maximum atomic E-state index is 4.58. The molecule has 0 atom stereocenters. The Morgan fingerprint density at radius 3 is 2.71 bits per heavy atom. The minimum absolute atomic E-state index is 0.671. The lowest BCUT2D eigenvalue weighted by atomic mass is 10.3. The van der Waals surface area contributed by atoms with Gasteiger partial charge in [0.1, 0.15) is 15.7 Å². The summed E-state index contributed by atoms with van der Waals surface area (Å²) >= 11 is 3.35. The van der Waals surface area contributed by atoms with Crippen molar-refractivity contribution in [3.8, 4) is 0 Å². The molecule has 0 radical (unpaired) electrons. The molecule has 3 rings (SSSR count). The molecule has 0 saturated heterocycles. The summed E-state index contributed by atoms with van der Waals surface area (Å²) in [6, 6.07) is 2.13. The standard InChI is InChI=1S/C14H17N5S2/c1-4-15-14-18-12(10-5-9(3)21-13(10)19-14)16-6-11-17-8(2)7-20-11/h5,7H,4,6H2,1-3H3,(H2,15,16,18,19). The van der Waals surface area contributed by atoms with Crippen molar-refractivity contribution in [3.63, 3.8) is 0 Å². The van der Waals surface area contributed by atoms with E-state index in [2.05, 4.69) is 44.0 Å². The van der Waals surface area contributed by atoms with Crippen molar-refractivity contribution in [1.29, 1.82) is 0 Å². The lowest BCUT2D eigenvalue weighted by molar-refractivity contribution is 1.05. The predicted octanol–water partition coefficient (Wildman–Crippen LogP) is 3.81. The van der Waals surface area contributed by atoms with Crippen molar-refractivity contribution in [2.75, 3.05) is 17.2 Å². The van der Waals surface area contributed by atoms with Crippen LogP contribution in [0.3, 0.4) is 0 Å². The molecule has 0 aliphatic carbocycles. The molecule has 21 heavy (non-hydrogen) atoms. The van der Waals surface area contributed by atoms with Gasteiger partial charge >= 0.3 is 0 Å². The van der Waals surface area contributed by atoms with Gasteiger partial charge in [0, 0.05) is 22.5 Å². The van der Waals surface area contributed by atoms with E-state index in [1.165, 1.54) is 4.88 Å². The number of fused-ring (bicyclic) bond motifs is 1. The molecule has 0 fully saturated rings. The molecule has 2 N–H and O–H groups in total. The van der Waals surface area contributed by atoms with Gasteiger partial charge in [-0.2, -0.15) is 4.98 Å². The first-order chi connectivity index (χ1) is 10.2. The fourth-order valence-corrected chi connectivity index (χ4v) is 3.65. The zero-order valence-electron chi connectivity index (χ0n) is 12.2. The van der Waals surface area contributed by atoms with Crippen LogP contribution in [-0.4, -0.2) is 21.5 Å². The third-order valence-electron chi connectivity index (χ3n) is 2.92. The summed E-state index contributed by atoms with van der Waals surface area (Å²) in [4.78, 5) is 15.8. The third kappa shape index (κ3) is 3.14. The molecule has 3 aromatic heterocycles. The number of anilines is 2. The maximum absolute atomic E-state index is 4.58. The molecule has 0 aliphatic rings. The molecule has 3 aromatic rings. The van der Waals surface area contributed by atoms with E-state index >= 15 is 0 Å². The van der Waals surface area contributed by atoms with Gasteiger partial charge in [0.25, 0.3) is 0 Å². The van der Waals surface area contributed by atoms with Crippen LogP contribution in [-0.2, 0) is 6.54 Å². The van der Waals surface area contributed by atoms with E-state index < -0.39 is 0 Å². The Morgan fingerprint density at radius 2 is 2.00 bits per heavy atom. The second-order valence-electron chi connectivity index (χ2n) is 4.74. The fraction of sp³-hybridized carbons (Fsp3) is 0.357. The van der Waals surface area contributed by atoms with Crippen LogP contribution in [0.25, 0.3) is 10.2 Å². The van der Waals surface area contributed by atoms with Crippen LogP contribution in [0.2, 0.25) is 0 Å². The largest absolute Gasteiger partial charge is 0.363 e. The Kier molecular flexibility index (Phi) is 4.03. The van der Waals surface area contributed by atoms with Crippen molar-refractivity contribution < 1.29 is 0 Å². The van der Waals surface area contributed by atoms with Crippen molar-refractivity contribution in [3.05, 3.63) is 27.0 Å². The summed E-state index contributed by atoms with van der Waals surface area (Å²) in [6.07, 6.45) is 0. The van der Waals surface area contributed by atoms with Crippen LogP contribution in [0, 0.1) is 13.8 Å². The van der Waals surface area contributed by atoms with Gasteiger partial charge in [0.2, 0.25) is 5.95 Å². The highest BCUT2D eigenvalue weighted by Gasteiger charge is 2.10. The van der Waals surface area contributed by atoms with Gasteiger partial charge in [-0.15, -0.1) is 22.7 Å². The number of nitrogens with one attached hydrogen (secondary N) is 2. The first-order valence-corrected chi connectivity index (χ1v) is 8.52. The summed E-state index contributed by atoms with van der Waals surface area (Å²) in [5.41, 5.74) is 1.06. The van der Waals surface area contributed by atoms with Gasteiger partial charge in [-0.05, 0) is 26.8 Å². The smallest absolute Gasteiger partial charge is 0.226 e. The summed E-state index contributed by atoms with van der Waals surface area (Å²) in [5, 5.41) is 10.8. The van der Waals surface area contributed by atoms with Crippen LogP contribution in [0.1, 0.15) is 22.5 Å². The van der Waals surface area contributed by atoms with Crippen LogP contribution in [0.4, 0.5) is 11.8 Å².